The Morgan fingerprint density at radius 1 is 0.625 bits per heavy atom. The Morgan fingerprint density at radius 3 is 1.83 bits per heavy atom. The maximum absolute atomic E-state index is 2.33. The Bertz CT molecular complexity index is 974. The first-order chi connectivity index (χ1) is 11.6. The summed E-state index contributed by atoms with van der Waals surface area (Å²) in [5.74, 6) is 0. The van der Waals surface area contributed by atoms with Crippen LogP contribution in [-0.2, 0) is 7.05 Å². The van der Waals surface area contributed by atoms with E-state index in [0.29, 0.717) is 0 Å². The van der Waals surface area contributed by atoms with Crippen LogP contribution in [0, 0.1) is 13.8 Å². The van der Waals surface area contributed by atoms with E-state index < -0.39 is 0 Å². The molecule has 126 valence electrons. The van der Waals surface area contributed by atoms with E-state index in [1.807, 2.05) is 27.7 Å². The third-order valence-corrected chi connectivity index (χ3v) is 4.29. The van der Waals surface area contributed by atoms with Gasteiger partial charge in [0, 0.05) is 28.7 Å². The maximum atomic E-state index is 2.33. The minimum Gasteiger partial charge on any atom is -0.343 e. The van der Waals surface area contributed by atoms with Gasteiger partial charge in [-0.3, -0.25) is 0 Å². The summed E-state index contributed by atoms with van der Waals surface area (Å²) in [7, 11) is 2.17. The quantitative estimate of drug-likeness (QED) is 0.324. The molecule has 0 saturated carbocycles. The summed E-state index contributed by atoms with van der Waals surface area (Å²) in [6, 6.07) is 17.9. The largest absolute Gasteiger partial charge is 0.343 e. The first-order valence-corrected chi connectivity index (χ1v) is 9.03. The molecule has 3 aromatic carbocycles. The van der Waals surface area contributed by atoms with Gasteiger partial charge in [-0.15, -0.1) is 0 Å². The molecule has 0 radical (unpaired) electrons. The van der Waals surface area contributed by atoms with Gasteiger partial charge in [0.05, 0.1) is 5.52 Å². The van der Waals surface area contributed by atoms with Gasteiger partial charge in [-0.1, -0.05) is 75.7 Å². The highest BCUT2D eigenvalue weighted by Crippen LogP contribution is 2.34. The van der Waals surface area contributed by atoms with E-state index in [2.05, 4.69) is 74.0 Å². The molecule has 0 saturated heterocycles. The highest BCUT2D eigenvalue weighted by Gasteiger charge is 2.11. The summed E-state index contributed by atoms with van der Waals surface area (Å²) in [4.78, 5) is 0. The molecule has 0 atom stereocenters. The first kappa shape index (κ1) is 18.1. The molecule has 1 aromatic heterocycles. The fourth-order valence-electron chi connectivity index (χ4n) is 3.28. The van der Waals surface area contributed by atoms with Gasteiger partial charge in [-0.05, 0) is 30.9 Å². The van der Waals surface area contributed by atoms with Crippen molar-refractivity contribution in [2.75, 3.05) is 0 Å². The Kier molecular flexibility index (Phi) is 5.66. The summed E-state index contributed by atoms with van der Waals surface area (Å²) in [6.07, 6.45) is 0. The fourth-order valence-corrected chi connectivity index (χ4v) is 3.28. The molecule has 0 fully saturated rings. The minimum atomic E-state index is 1.31. The number of aromatic nitrogens is 1. The van der Waals surface area contributed by atoms with Crippen LogP contribution in [0.15, 0.2) is 48.5 Å². The van der Waals surface area contributed by atoms with E-state index in [1.54, 1.807) is 0 Å². The lowest BCUT2D eigenvalue weighted by atomic mass is 10.0. The molecule has 0 aliphatic rings. The second kappa shape index (κ2) is 7.53. The average Bonchev–Trinajstić information content (AvgIpc) is 2.90. The average molecular weight is 319 g/mol. The topological polar surface area (TPSA) is 4.93 Å². The highest BCUT2D eigenvalue weighted by molar-refractivity contribution is 6.17. The molecule has 24 heavy (non-hydrogen) atoms. The zero-order chi connectivity index (χ0) is 17.9. The Hall–Kier alpha value is -2.28. The predicted octanol–water partition coefficient (Wildman–Crippen LogP) is 7.15. The van der Waals surface area contributed by atoms with E-state index >= 15 is 0 Å². The lowest BCUT2D eigenvalue weighted by Crippen LogP contribution is -1.88. The number of benzene rings is 3. The number of rotatable bonds is 0. The van der Waals surface area contributed by atoms with E-state index in [1.165, 1.54) is 43.7 Å². The molecule has 0 aliphatic carbocycles. The Labute approximate surface area is 145 Å². The van der Waals surface area contributed by atoms with Crippen molar-refractivity contribution in [3.05, 3.63) is 59.7 Å². The fraction of sp³-hybridized carbons (Fsp3) is 0.304. The summed E-state index contributed by atoms with van der Waals surface area (Å²) in [5, 5.41) is 5.35. The molecule has 4 rings (SSSR count). The third kappa shape index (κ3) is 2.91. The summed E-state index contributed by atoms with van der Waals surface area (Å²) in [5.41, 5.74) is 5.27. The van der Waals surface area contributed by atoms with E-state index in [0.717, 1.165) is 0 Å². The van der Waals surface area contributed by atoms with Gasteiger partial charge in [-0.25, -0.2) is 0 Å². The SMILES string of the molecule is CC.CC.Cc1ccc2c(ccc3c4ccc(C)cc4n(C)c23)c1. The molecule has 0 aliphatic heterocycles. The molecule has 0 N–H and O–H groups in total. The Balaban J connectivity index is 0.000000487. The molecule has 1 nitrogen and oxygen atoms in total. The molecule has 4 aromatic rings. The standard InChI is InChI=1S/C19H17N.2C2H6/c1-12-4-7-15-14(10-12)6-9-17-16-8-5-13(2)11-18(16)20(3)19(15)17;2*1-2/h4-11H,1-3H3;2*1-2H3. The van der Waals surface area contributed by atoms with Gasteiger partial charge >= 0.3 is 0 Å². The van der Waals surface area contributed by atoms with Crippen molar-refractivity contribution in [1.82, 2.24) is 4.57 Å². The molecular formula is C23H29N. The molecule has 0 bridgehead atoms. The predicted molar refractivity (Wildman–Crippen MR) is 110 cm³/mol. The molecular weight excluding hydrogens is 290 g/mol. The van der Waals surface area contributed by atoms with E-state index in [9.17, 15) is 0 Å². The number of aryl methyl sites for hydroxylation is 3. The number of hydrogen-bond donors (Lipinski definition) is 0. The Morgan fingerprint density at radius 2 is 1.17 bits per heavy atom. The van der Waals surface area contributed by atoms with Crippen LogP contribution in [0.25, 0.3) is 32.6 Å². The van der Waals surface area contributed by atoms with Gasteiger partial charge in [-0.2, -0.15) is 0 Å². The van der Waals surface area contributed by atoms with Crippen molar-refractivity contribution >= 4 is 32.6 Å². The first-order valence-electron chi connectivity index (χ1n) is 9.03. The van der Waals surface area contributed by atoms with E-state index in [4.69, 9.17) is 0 Å². The van der Waals surface area contributed by atoms with E-state index in [-0.39, 0.29) is 0 Å². The maximum Gasteiger partial charge on any atom is 0.0568 e. The third-order valence-electron chi connectivity index (χ3n) is 4.29. The van der Waals surface area contributed by atoms with Crippen LogP contribution in [0.2, 0.25) is 0 Å². The molecule has 0 unspecified atom stereocenters. The van der Waals surface area contributed by atoms with Crippen molar-refractivity contribution in [2.24, 2.45) is 7.05 Å². The van der Waals surface area contributed by atoms with Crippen LogP contribution in [0.3, 0.4) is 0 Å². The van der Waals surface area contributed by atoms with Crippen LogP contribution in [0.1, 0.15) is 38.8 Å². The van der Waals surface area contributed by atoms with Crippen molar-refractivity contribution in [1.29, 1.82) is 0 Å². The van der Waals surface area contributed by atoms with Crippen molar-refractivity contribution in [3.63, 3.8) is 0 Å². The van der Waals surface area contributed by atoms with Crippen molar-refractivity contribution in [3.8, 4) is 0 Å². The monoisotopic (exact) mass is 319 g/mol. The normalized spacial score (nSPS) is 10.3. The number of fused-ring (bicyclic) bond motifs is 5. The van der Waals surface area contributed by atoms with Gasteiger partial charge in [0.2, 0.25) is 0 Å². The highest BCUT2D eigenvalue weighted by atomic mass is 14.9. The number of hydrogen-bond acceptors (Lipinski definition) is 0. The van der Waals surface area contributed by atoms with Gasteiger partial charge < -0.3 is 4.57 Å². The molecule has 0 amide bonds. The van der Waals surface area contributed by atoms with Crippen LogP contribution in [-0.4, -0.2) is 4.57 Å². The number of nitrogens with zero attached hydrogens (tertiary/aromatic N) is 1. The van der Waals surface area contributed by atoms with Crippen LogP contribution >= 0.6 is 0 Å². The van der Waals surface area contributed by atoms with Crippen molar-refractivity contribution in [2.45, 2.75) is 41.5 Å². The smallest absolute Gasteiger partial charge is 0.0568 e. The van der Waals surface area contributed by atoms with Crippen molar-refractivity contribution < 1.29 is 0 Å². The zero-order valence-corrected chi connectivity index (χ0v) is 16.1. The van der Waals surface area contributed by atoms with Crippen LogP contribution < -0.4 is 0 Å². The van der Waals surface area contributed by atoms with Crippen LogP contribution in [0.4, 0.5) is 0 Å². The summed E-state index contributed by atoms with van der Waals surface area (Å²) < 4.78 is 2.33. The summed E-state index contributed by atoms with van der Waals surface area (Å²) >= 11 is 0. The molecule has 1 heteroatoms. The molecule has 0 spiro atoms. The minimum absolute atomic E-state index is 1.31. The summed E-state index contributed by atoms with van der Waals surface area (Å²) in [6.45, 7) is 12.3. The second-order valence-electron chi connectivity index (χ2n) is 5.77. The van der Waals surface area contributed by atoms with Gasteiger partial charge in [0.1, 0.15) is 0 Å². The molecule has 1 heterocycles. The second-order valence-corrected chi connectivity index (χ2v) is 5.77. The lowest BCUT2D eigenvalue weighted by Gasteiger charge is -2.04. The van der Waals surface area contributed by atoms with Crippen LogP contribution in [0.5, 0.6) is 0 Å². The van der Waals surface area contributed by atoms with Gasteiger partial charge in [0.15, 0.2) is 0 Å². The lowest BCUT2D eigenvalue weighted by molar-refractivity contribution is 1.02. The van der Waals surface area contributed by atoms with Gasteiger partial charge in [0.25, 0.3) is 0 Å². The zero-order valence-electron chi connectivity index (χ0n) is 16.1.